The molecule has 6 nitrogen and oxygen atoms in total. The molecule has 0 atom stereocenters. The normalized spacial score (nSPS) is 10.5. The number of carbonyl (C=O) groups is 2. The number of methoxy groups -OCH3 is 1. The lowest BCUT2D eigenvalue weighted by atomic mass is 10.1. The average molecular weight is 443 g/mol. The molecule has 0 fully saturated rings. The number of ketones is 1. The summed E-state index contributed by atoms with van der Waals surface area (Å²) in [5.74, 6) is -0.647. The topological polar surface area (TPSA) is 85.7 Å². The Labute approximate surface area is 164 Å². The number of esters is 1. The second kappa shape index (κ2) is 9.00. The predicted octanol–water partition coefficient (Wildman–Crippen LogP) is 4.40. The van der Waals surface area contributed by atoms with E-state index in [0.29, 0.717) is 26.5 Å². The van der Waals surface area contributed by atoms with E-state index in [1.54, 1.807) is 31.2 Å². The van der Waals surface area contributed by atoms with Gasteiger partial charge in [-0.05, 0) is 47.1 Å². The van der Waals surface area contributed by atoms with E-state index in [1.165, 1.54) is 7.11 Å². The summed E-state index contributed by atoms with van der Waals surface area (Å²) in [7, 11) is 1.53. The molecule has 1 aromatic heterocycles. The lowest BCUT2D eigenvalue weighted by molar-refractivity contribution is -0.143. The number of halogens is 2. The molecule has 1 N–H and O–H groups in total. The highest BCUT2D eigenvalue weighted by Crippen LogP contribution is 2.35. The van der Waals surface area contributed by atoms with Gasteiger partial charge in [0, 0.05) is 12.0 Å². The summed E-state index contributed by atoms with van der Waals surface area (Å²) in [5, 5.41) is 10.5. The zero-order chi connectivity index (χ0) is 19.3. The van der Waals surface area contributed by atoms with Gasteiger partial charge in [-0.3, -0.25) is 9.59 Å². The lowest BCUT2D eigenvalue weighted by Gasteiger charge is -2.11. The van der Waals surface area contributed by atoms with Gasteiger partial charge in [-0.2, -0.15) is 0 Å². The smallest absolute Gasteiger partial charge is 0.306 e. The van der Waals surface area contributed by atoms with Gasteiger partial charge in [-0.15, -0.1) is 0 Å². The Morgan fingerprint density at radius 1 is 1.27 bits per heavy atom. The summed E-state index contributed by atoms with van der Waals surface area (Å²) in [6.45, 7) is 1.93. The van der Waals surface area contributed by atoms with E-state index in [0.717, 1.165) is 0 Å². The molecule has 0 unspecified atom stereocenters. The fraction of sp³-hybridized carbons (Fsp3) is 0.278. The number of aromatic nitrogens is 1. The SMILES string of the molecule is CCOC(=O)CCC(=O)c1nc(-c2ccc(OC)cc2Cl)cc(Br)c1O. The van der Waals surface area contributed by atoms with E-state index in [4.69, 9.17) is 21.1 Å². The molecule has 0 bridgehead atoms. The van der Waals surface area contributed by atoms with E-state index in [9.17, 15) is 14.7 Å². The van der Waals surface area contributed by atoms with Crippen LogP contribution in [0.1, 0.15) is 30.3 Å². The first-order valence-electron chi connectivity index (χ1n) is 7.79. The highest BCUT2D eigenvalue weighted by molar-refractivity contribution is 9.10. The third kappa shape index (κ3) is 4.74. The zero-order valence-corrected chi connectivity index (χ0v) is 16.6. The summed E-state index contributed by atoms with van der Waals surface area (Å²) in [5.41, 5.74) is 0.847. The quantitative estimate of drug-likeness (QED) is 0.505. The van der Waals surface area contributed by atoms with Gasteiger partial charge in [0.2, 0.25) is 0 Å². The number of pyridine rings is 1. The molecule has 26 heavy (non-hydrogen) atoms. The van der Waals surface area contributed by atoms with Crippen molar-refractivity contribution >= 4 is 39.3 Å². The van der Waals surface area contributed by atoms with Crippen molar-refractivity contribution < 1.29 is 24.2 Å². The molecule has 2 aromatic rings. The van der Waals surface area contributed by atoms with Crippen LogP contribution in [-0.4, -0.2) is 35.6 Å². The Bertz CT molecular complexity index is 841. The third-order valence-corrected chi connectivity index (χ3v) is 4.44. The van der Waals surface area contributed by atoms with E-state index < -0.39 is 11.8 Å². The molecular formula is C18H17BrClNO5. The molecule has 2 rings (SSSR count). The third-order valence-electron chi connectivity index (χ3n) is 3.52. The largest absolute Gasteiger partial charge is 0.504 e. The number of aromatic hydroxyl groups is 1. The van der Waals surface area contributed by atoms with Crippen molar-refractivity contribution in [3.05, 3.63) is 39.5 Å². The first-order valence-corrected chi connectivity index (χ1v) is 8.96. The molecule has 0 radical (unpaired) electrons. The van der Waals surface area contributed by atoms with Crippen LogP contribution in [0.2, 0.25) is 5.02 Å². The Hall–Kier alpha value is -2.12. The van der Waals surface area contributed by atoms with Crippen LogP contribution in [0.5, 0.6) is 11.5 Å². The molecule has 0 amide bonds. The molecule has 1 heterocycles. The first kappa shape index (κ1) is 20.2. The van der Waals surface area contributed by atoms with Crippen LogP contribution in [0.4, 0.5) is 0 Å². The first-order chi connectivity index (χ1) is 12.4. The van der Waals surface area contributed by atoms with Crippen LogP contribution in [-0.2, 0) is 9.53 Å². The number of ether oxygens (including phenoxy) is 2. The van der Waals surface area contributed by atoms with Crippen LogP contribution < -0.4 is 4.74 Å². The van der Waals surface area contributed by atoms with Crippen molar-refractivity contribution in [1.29, 1.82) is 0 Å². The molecule has 0 aliphatic heterocycles. The van der Waals surface area contributed by atoms with Crippen molar-refractivity contribution in [1.82, 2.24) is 4.98 Å². The molecule has 0 aliphatic rings. The van der Waals surface area contributed by atoms with Gasteiger partial charge in [0.25, 0.3) is 0 Å². The predicted molar refractivity (Wildman–Crippen MR) is 101 cm³/mol. The van der Waals surface area contributed by atoms with Crippen molar-refractivity contribution in [2.24, 2.45) is 0 Å². The summed E-state index contributed by atoms with van der Waals surface area (Å²) in [6, 6.07) is 6.61. The molecule has 0 saturated heterocycles. The van der Waals surface area contributed by atoms with Crippen LogP contribution in [0.3, 0.4) is 0 Å². The lowest BCUT2D eigenvalue weighted by Crippen LogP contribution is -2.10. The minimum atomic E-state index is -0.478. The van der Waals surface area contributed by atoms with Gasteiger partial charge in [-0.25, -0.2) is 4.98 Å². The van der Waals surface area contributed by atoms with E-state index in [2.05, 4.69) is 20.9 Å². The number of hydrogen-bond acceptors (Lipinski definition) is 6. The standard InChI is InChI=1S/C18H17BrClNO5/c1-3-26-16(23)7-6-15(22)17-18(24)12(19)9-14(21-17)11-5-4-10(25-2)8-13(11)20/h4-5,8-9,24H,3,6-7H2,1-2H3. The maximum absolute atomic E-state index is 12.4. The van der Waals surface area contributed by atoms with Crippen LogP contribution in [0.25, 0.3) is 11.3 Å². The van der Waals surface area contributed by atoms with Gasteiger partial charge in [0.15, 0.2) is 11.5 Å². The minimum Gasteiger partial charge on any atom is -0.504 e. The number of nitrogens with zero attached hydrogens (tertiary/aromatic N) is 1. The van der Waals surface area contributed by atoms with Gasteiger partial charge in [-0.1, -0.05) is 11.6 Å². The molecule has 8 heteroatoms. The monoisotopic (exact) mass is 441 g/mol. The zero-order valence-electron chi connectivity index (χ0n) is 14.2. The fourth-order valence-corrected chi connectivity index (χ4v) is 2.91. The molecule has 138 valence electrons. The van der Waals surface area contributed by atoms with E-state index in [-0.39, 0.29) is 30.9 Å². The number of Topliss-reactive ketones (excluding diaryl/α,β-unsaturated/α-hetero) is 1. The Kier molecular flexibility index (Phi) is 6.99. The molecule has 0 spiro atoms. The van der Waals surface area contributed by atoms with Crippen molar-refractivity contribution in [3.63, 3.8) is 0 Å². The summed E-state index contributed by atoms with van der Waals surface area (Å²) in [4.78, 5) is 28.1. The van der Waals surface area contributed by atoms with Gasteiger partial charge in [0.1, 0.15) is 11.4 Å². The van der Waals surface area contributed by atoms with Crippen LogP contribution in [0.15, 0.2) is 28.7 Å². The van der Waals surface area contributed by atoms with Gasteiger partial charge >= 0.3 is 5.97 Å². The maximum atomic E-state index is 12.4. The Morgan fingerprint density at radius 3 is 2.62 bits per heavy atom. The Morgan fingerprint density at radius 2 is 2.00 bits per heavy atom. The molecular weight excluding hydrogens is 426 g/mol. The number of hydrogen-bond donors (Lipinski definition) is 1. The number of rotatable bonds is 7. The summed E-state index contributed by atoms with van der Waals surface area (Å²) >= 11 is 9.48. The van der Waals surface area contributed by atoms with Crippen LogP contribution in [0, 0.1) is 0 Å². The second-order valence-corrected chi connectivity index (χ2v) is 6.52. The van der Waals surface area contributed by atoms with Crippen LogP contribution >= 0.6 is 27.5 Å². The highest BCUT2D eigenvalue weighted by atomic mass is 79.9. The number of carbonyl (C=O) groups excluding carboxylic acids is 2. The summed E-state index contributed by atoms with van der Waals surface area (Å²) < 4.78 is 10.2. The maximum Gasteiger partial charge on any atom is 0.306 e. The molecule has 1 aromatic carbocycles. The van der Waals surface area contributed by atoms with Gasteiger partial charge in [0.05, 0.1) is 35.3 Å². The van der Waals surface area contributed by atoms with Crippen molar-refractivity contribution in [3.8, 4) is 22.8 Å². The fourth-order valence-electron chi connectivity index (χ4n) is 2.24. The summed E-state index contributed by atoms with van der Waals surface area (Å²) in [6.07, 6.45) is -0.204. The number of benzene rings is 1. The molecule has 0 saturated carbocycles. The highest BCUT2D eigenvalue weighted by Gasteiger charge is 2.20. The van der Waals surface area contributed by atoms with E-state index >= 15 is 0 Å². The Balaban J connectivity index is 2.34. The van der Waals surface area contributed by atoms with Gasteiger partial charge < -0.3 is 14.6 Å². The van der Waals surface area contributed by atoms with Crippen molar-refractivity contribution in [2.75, 3.05) is 13.7 Å². The van der Waals surface area contributed by atoms with E-state index in [1.807, 2.05) is 0 Å². The second-order valence-electron chi connectivity index (χ2n) is 5.26. The minimum absolute atomic E-state index is 0.0844. The van der Waals surface area contributed by atoms with Crippen molar-refractivity contribution in [2.45, 2.75) is 19.8 Å². The average Bonchev–Trinajstić information content (AvgIpc) is 2.62. The molecule has 0 aliphatic carbocycles.